The average molecular weight is 680 g/mol. The van der Waals surface area contributed by atoms with Gasteiger partial charge in [-0.05, 0) is 53.0 Å². The van der Waals surface area contributed by atoms with Crippen molar-refractivity contribution in [1.82, 2.24) is 20.2 Å². The number of carbonyl (C=O) groups is 3. The number of anilines is 1. The lowest BCUT2D eigenvalue weighted by Crippen LogP contribution is -2.59. The van der Waals surface area contributed by atoms with Gasteiger partial charge in [-0.3, -0.25) is 14.4 Å². The summed E-state index contributed by atoms with van der Waals surface area (Å²) in [5.74, 6) is -0.841. The fourth-order valence-corrected chi connectivity index (χ4v) is 7.33. The smallest absolute Gasteiger partial charge is 0.310 e. The first-order valence-corrected chi connectivity index (χ1v) is 18.0. The molecule has 1 atom stereocenters. The lowest BCUT2D eigenvalue weighted by atomic mass is 9.91. The Labute approximate surface area is 292 Å². The minimum Gasteiger partial charge on any atom is -0.481 e. The van der Waals surface area contributed by atoms with Crippen molar-refractivity contribution in [3.63, 3.8) is 0 Å². The first kappa shape index (κ1) is 34.3. The molecule has 4 aromatic rings. The number of carboxylic acid groups (broad SMARTS) is 1. The van der Waals surface area contributed by atoms with Gasteiger partial charge in [0.2, 0.25) is 5.91 Å². The van der Waals surface area contributed by atoms with Gasteiger partial charge in [0.1, 0.15) is 6.04 Å². The van der Waals surface area contributed by atoms with E-state index in [4.69, 9.17) is 0 Å². The Balaban J connectivity index is 1.06. The highest BCUT2D eigenvalue weighted by atomic mass is 32.1. The molecule has 256 valence electrons. The molecule has 0 bridgehead atoms. The number of hydrogen-bond donors (Lipinski definition) is 2. The van der Waals surface area contributed by atoms with E-state index < -0.39 is 17.9 Å². The van der Waals surface area contributed by atoms with Gasteiger partial charge in [-0.15, -0.1) is 11.3 Å². The second-order valence-electron chi connectivity index (χ2n) is 14.4. The van der Waals surface area contributed by atoms with Crippen molar-refractivity contribution in [2.24, 2.45) is 11.8 Å². The van der Waals surface area contributed by atoms with E-state index in [1.165, 1.54) is 33.8 Å². The molecule has 2 aliphatic heterocycles. The fourth-order valence-electron chi connectivity index (χ4n) is 6.36. The molecule has 2 aromatic carbocycles. The van der Waals surface area contributed by atoms with Crippen LogP contribution < -0.4 is 10.2 Å². The molecule has 0 radical (unpaired) electrons. The van der Waals surface area contributed by atoms with Crippen LogP contribution >= 0.6 is 11.3 Å². The second-order valence-corrected chi connectivity index (χ2v) is 15.5. The lowest BCUT2D eigenvalue weighted by Gasteiger charge is -2.40. The largest absolute Gasteiger partial charge is 0.481 e. The summed E-state index contributed by atoms with van der Waals surface area (Å²) in [5.41, 5.74) is 5.44. The Morgan fingerprint density at radius 2 is 1.53 bits per heavy atom. The average Bonchev–Trinajstić information content (AvgIpc) is 3.55. The third kappa shape index (κ3) is 8.19. The number of nitrogens with zero attached hydrogens (tertiary/aromatic N) is 4. The number of benzene rings is 2. The Kier molecular flexibility index (Phi) is 10.2. The van der Waals surface area contributed by atoms with Gasteiger partial charge in [-0.25, -0.2) is 9.97 Å². The van der Waals surface area contributed by atoms with E-state index in [1.807, 2.05) is 42.7 Å². The van der Waals surface area contributed by atoms with Crippen LogP contribution in [0.15, 0.2) is 73.1 Å². The van der Waals surface area contributed by atoms with Crippen molar-refractivity contribution in [2.75, 3.05) is 31.1 Å². The highest BCUT2D eigenvalue weighted by Crippen LogP contribution is 2.30. The lowest BCUT2D eigenvalue weighted by molar-refractivity contribution is -0.153. The maximum Gasteiger partial charge on any atom is 0.310 e. The molecular weight excluding hydrogens is 635 g/mol. The molecule has 49 heavy (non-hydrogen) atoms. The molecule has 9 nitrogen and oxygen atoms in total. The second kappa shape index (κ2) is 14.5. The van der Waals surface area contributed by atoms with Gasteiger partial charge in [0.15, 0.2) is 5.82 Å². The van der Waals surface area contributed by atoms with Crippen LogP contribution in [-0.4, -0.2) is 70.0 Å². The maximum atomic E-state index is 13.5. The number of thiophene rings is 1. The number of carbonyl (C=O) groups excluding carboxylic acids is 2. The molecule has 0 aliphatic carbocycles. The van der Waals surface area contributed by atoms with Crippen molar-refractivity contribution < 1.29 is 19.5 Å². The van der Waals surface area contributed by atoms with Crippen LogP contribution in [0.5, 0.6) is 0 Å². The maximum absolute atomic E-state index is 13.5. The predicted molar refractivity (Wildman–Crippen MR) is 193 cm³/mol. The van der Waals surface area contributed by atoms with Gasteiger partial charge in [0.05, 0.1) is 28.9 Å². The molecule has 2 amide bonds. The number of aromatic nitrogens is 2. The molecule has 2 fully saturated rings. The number of rotatable bonds is 12. The molecule has 1 unspecified atom stereocenters. The molecule has 0 spiro atoms. The number of likely N-dealkylation sites (tertiary alicyclic amines) is 1. The summed E-state index contributed by atoms with van der Waals surface area (Å²) in [6.07, 6.45) is 7.41. The predicted octanol–water partition coefficient (Wildman–Crippen LogP) is 6.02. The molecule has 2 N–H and O–H groups in total. The van der Waals surface area contributed by atoms with Crippen LogP contribution in [0.25, 0.3) is 11.4 Å². The van der Waals surface area contributed by atoms with Gasteiger partial charge in [-0.1, -0.05) is 82.6 Å². The van der Waals surface area contributed by atoms with E-state index in [1.54, 1.807) is 6.07 Å². The van der Waals surface area contributed by atoms with Crippen LogP contribution in [0, 0.1) is 11.8 Å². The Morgan fingerprint density at radius 3 is 2.12 bits per heavy atom. The number of carboxylic acids is 1. The van der Waals surface area contributed by atoms with Crippen molar-refractivity contribution in [2.45, 2.75) is 64.8 Å². The molecule has 2 aliphatic rings. The van der Waals surface area contributed by atoms with Crippen LogP contribution in [0.1, 0.15) is 65.4 Å². The standard InChI is InChI=1S/C39H45N5O4S/c1-5-6-25-7-9-26(10-8-25)17-28-21-43(22-28)31-19-40-35(41-20-31)29-13-11-27(12-14-29)18-32(37(46)44-23-30(24-44)38(47)48)42-36(45)33-15-16-34(49-33)39(2,3)4/h7-16,19-20,28,30,32H,5-6,17-18,21-24H2,1-4H3,(H,42,45)(H,47,48). The Morgan fingerprint density at radius 1 is 0.898 bits per heavy atom. The van der Waals surface area contributed by atoms with Crippen LogP contribution in [-0.2, 0) is 34.3 Å². The van der Waals surface area contributed by atoms with Crippen LogP contribution in [0.3, 0.4) is 0 Å². The first-order chi connectivity index (χ1) is 23.5. The number of aryl methyl sites for hydroxylation is 1. The highest BCUT2D eigenvalue weighted by molar-refractivity contribution is 7.14. The van der Waals surface area contributed by atoms with Crippen LogP contribution in [0.4, 0.5) is 5.69 Å². The molecule has 0 saturated carbocycles. The zero-order valence-electron chi connectivity index (χ0n) is 28.7. The SMILES string of the molecule is CCCc1ccc(CC2CN(c3cnc(-c4ccc(CC(NC(=O)c5ccc(C(C)(C)C)s5)C(=O)N5CC(C(=O)O)C5)cc4)nc3)C2)cc1. The minimum atomic E-state index is -0.915. The summed E-state index contributed by atoms with van der Waals surface area (Å²) in [6.45, 7) is 10.8. The molecule has 2 saturated heterocycles. The summed E-state index contributed by atoms with van der Waals surface area (Å²) < 4.78 is 0. The number of amides is 2. The molecule has 10 heteroatoms. The third-order valence-electron chi connectivity index (χ3n) is 9.41. The highest BCUT2D eigenvalue weighted by Gasteiger charge is 2.39. The minimum absolute atomic E-state index is 0.0904. The topological polar surface area (TPSA) is 116 Å². The van der Waals surface area contributed by atoms with Crippen molar-refractivity contribution in [3.8, 4) is 11.4 Å². The van der Waals surface area contributed by atoms with E-state index in [0.717, 1.165) is 47.6 Å². The Hall–Kier alpha value is -4.57. The first-order valence-electron chi connectivity index (χ1n) is 17.1. The zero-order valence-corrected chi connectivity index (χ0v) is 29.5. The van der Waals surface area contributed by atoms with E-state index in [0.29, 0.717) is 16.6 Å². The number of nitrogens with one attached hydrogen (secondary N) is 1. The summed E-state index contributed by atoms with van der Waals surface area (Å²) in [4.78, 5) is 52.8. The quantitative estimate of drug-likeness (QED) is 0.188. The zero-order chi connectivity index (χ0) is 34.7. The number of hydrogen-bond acceptors (Lipinski definition) is 7. The normalized spacial score (nSPS) is 15.8. The van der Waals surface area contributed by atoms with Crippen molar-refractivity contribution >= 4 is 34.8 Å². The van der Waals surface area contributed by atoms with E-state index in [2.05, 4.69) is 72.1 Å². The Bertz CT molecular complexity index is 1770. The third-order valence-corrected chi connectivity index (χ3v) is 10.9. The monoisotopic (exact) mass is 679 g/mol. The van der Waals surface area contributed by atoms with Gasteiger partial charge in [-0.2, -0.15) is 0 Å². The van der Waals surface area contributed by atoms with Gasteiger partial charge in [0, 0.05) is 43.0 Å². The summed E-state index contributed by atoms with van der Waals surface area (Å²) in [7, 11) is 0. The molecule has 4 heterocycles. The van der Waals surface area contributed by atoms with Crippen molar-refractivity contribution in [3.05, 3.63) is 99.5 Å². The summed E-state index contributed by atoms with van der Waals surface area (Å²) in [6, 6.07) is 19.7. The van der Waals surface area contributed by atoms with Gasteiger partial charge >= 0.3 is 5.97 Å². The summed E-state index contributed by atoms with van der Waals surface area (Å²) in [5, 5.41) is 12.2. The molecule has 2 aromatic heterocycles. The number of aliphatic carboxylic acids is 1. The van der Waals surface area contributed by atoms with Gasteiger partial charge < -0.3 is 20.2 Å². The molecule has 6 rings (SSSR count). The van der Waals surface area contributed by atoms with Crippen LogP contribution in [0.2, 0.25) is 0 Å². The van der Waals surface area contributed by atoms with E-state index in [9.17, 15) is 19.5 Å². The van der Waals surface area contributed by atoms with E-state index in [-0.39, 0.29) is 36.7 Å². The fraction of sp³-hybridized carbons (Fsp3) is 0.410. The van der Waals surface area contributed by atoms with Crippen molar-refractivity contribution in [1.29, 1.82) is 0 Å². The molecular formula is C39H45N5O4S. The summed E-state index contributed by atoms with van der Waals surface area (Å²) >= 11 is 1.42. The van der Waals surface area contributed by atoms with E-state index >= 15 is 0 Å². The van der Waals surface area contributed by atoms with Gasteiger partial charge in [0.25, 0.3) is 5.91 Å².